The maximum atomic E-state index is 11.2. The lowest BCUT2D eigenvalue weighted by Gasteiger charge is -2.23. The monoisotopic (exact) mass is 524 g/mol. The molecule has 0 spiro atoms. The van der Waals surface area contributed by atoms with E-state index in [0.29, 0.717) is 5.75 Å². The molecule has 0 aliphatic rings. The maximum absolute atomic E-state index is 11.2. The first-order valence-corrected chi connectivity index (χ1v) is 14.8. The first kappa shape index (κ1) is 28.5. The summed E-state index contributed by atoms with van der Waals surface area (Å²) in [5.74, 6) is 0.367. The van der Waals surface area contributed by atoms with Crippen molar-refractivity contribution in [1.29, 1.82) is 0 Å². The number of hydrogen-bond acceptors (Lipinski definition) is 5. The van der Waals surface area contributed by atoms with Crippen LogP contribution in [0.15, 0.2) is 60.7 Å². The van der Waals surface area contributed by atoms with E-state index in [1.807, 2.05) is 12.1 Å². The second kappa shape index (κ2) is 13.0. The first-order chi connectivity index (χ1) is 17.7. The molecule has 0 heterocycles. The molecular formula is C30H40N2O4S. The number of hydrogen-bond donors (Lipinski definition) is 1. The topological polar surface area (TPSA) is 70.1 Å². The van der Waals surface area contributed by atoms with Crippen molar-refractivity contribution in [2.45, 2.75) is 41.0 Å². The van der Waals surface area contributed by atoms with Crippen LogP contribution in [-0.2, 0) is 10.1 Å². The Morgan fingerprint density at radius 1 is 0.703 bits per heavy atom. The number of nitrogens with zero attached hydrogens (tertiary/aromatic N) is 2. The molecule has 0 bridgehead atoms. The summed E-state index contributed by atoms with van der Waals surface area (Å²) < 4.78 is 37.5. The van der Waals surface area contributed by atoms with Gasteiger partial charge in [-0.25, -0.2) is 0 Å². The van der Waals surface area contributed by atoms with E-state index in [9.17, 15) is 8.42 Å². The van der Waals surface area contributed by atoms with Gasteiger partial charge in [0.25, 0.3) is 10.1 Å². The molecule has 0 amide bonds. The Morgan fingerprint density at radius 2 is 1.16 bits per heavy atom. The van der Waals surface area contributed by atoms with Gasteiger partial charge in [-0.3, -0.25) is 4.55 Å². The molecule has 1 N–H and O–H groups in total. The Hall–Kier alpha value is -3.03. The molecule has 3 aromatic rings. The number of ether oxygens (including phenoxy) is 1. The third-order valence-electron chi connectivity index (χ3n) is 6.75. The van der Waals surface area contributed by atoms with Crippen LogP contribution in [-0.4, -0.2) is 51.5 Å². The Labute approximate surface area is 222 Å². The quantitative estimate of drug-likeness (QED) is 0.199. The van der Waals surface area contributed by atoms with Crippen LogP contribution in [0.2, 0.25) is 0 Å². The molecular weight excluding hydrogens is 484 g/mol. The summed E-state index contributed by atoms with van der Waals surface area (Å²) in [5, 5.41) is 0. The fourth-order valence-electron chi connectivity index (χ4n) is 4.75. The van der Waals surface area contributed by atoms with Crippen molar-refractivity contribution < 1.29 is 17.7 Å². The van der Waals surface area contributed by atoms with E-state index < -0.39 is 10.1 Å². The van der Waals surface area contributed by atoms with Crippen molar-refractivity contribution in [3.05, 3.63) is 66.2 Å². The second-order valence-electron chi connectivity index (χ2n) is 9.06. The molecule has 3 aromatic carbocycles. The van der Waals surface area contributed by atoms with Crippen molar-refractivity contribution in [2.24, 2.45) is 0 Å². The van der Waals surface area contributed by atoms with Crippen molar-refractivity contribution in [1.82, 2.24) is 0 Å². The first-order valence-electron chi connectivity index (χ1n) is 13.1. The standard InChI is InChI=1S/C30H40N2O4S/c1-6-31(7-2)26-16-12-24(13-17-26)29-23(5)11-20-28(36-21-10-22-37(33,34)35)30(29)25-14-18-27(19-15-25)32(8-3)9-4/h11-20H,6-10,21-22H2,1-5H3,(H,33,34,35). The Morgan fingerprint density at radius 3 is 1.59 bits per heavy atom. The van der Waals surface area contributed by atoms with Crippen molar-refractivity contribution in [2.75, 3.05) is 48.3 Å². The van der Waals surface area contributed by atoms with Crippen molar-refractivity contribution >= 4 is 21.5 Å². The van der Waals surface area contributed by atoms with Gasteiger partial charge in [-0.15, -0.1) is 0 Å². The van der Waals surface area contributed by atoms with Crippen LogP contribution in [0, 0.1) is 6.92 Å². The van der Waals surface area contributed by atoms with Gasteiger partial charge >= 0.3 is 0 Å². The van der Waals surface area contributed by atoms with Crippen molar-refractivity contribution in [3.63, 3.8) is 0 Å². The van der Waals surface area contributed by atoms with E-state index in [1.165, 1.54) is 11.4 Å². The molecule has 0 aromatic heterocycles. The molecule has 3 rings (SSSR count). The molecule has 0 unspecified atom stereocenters. The number of benzene rings is 3. The summed E-state index contributed by atoms with van der Waals surface area (Å²) in [4.78, 5) is 4.62. The normalized spacial score (nSPS) is 11.4. The fraction of sp³-hybridized carbons (Fsp3) is 0.400. The Balaban J connectivity index is 2.08. The lowest BCUT2D eigenvalue weighted by atomic mass is 9.90. The molecule has 6 nitrogen and oxygen atoms in total. The van der Waals surface area contributed by atoms with Gasteiger partial charge in [-0.1, -0.05) is 30.3 Å². The zero-order chi connectivity index (χ0) is 27.0. The van der Waals surface area contributed by atoms with Crippen LogP contribution >= 0.6 is 0 Å². The minimum Gasteiger partial charge on any atom is -0.493 e. The Kier molecular flexibility index (Phi) is 10.0. The van der Waals surface area contributed by atoms with Crippen LogP contribution in [0.5, 0.6) is 5.75 Å². The summed E-state index contributed by atoms with van der Waals surface area (Å²) in [6, 6.07) is 21.2. The predicted octanol–water partition coefficient (Wildman–Crippen LogP) is 6.68. The summed E-state index contributed by atoms with van der Waals surface area (Å²) in [6.07, 6.45) is 0.209. The molecule has 7 heteroatoms. The molecule has 37 heavy (non-hydrogen) atoms. The van der Waals surface area contributed by atoms with Crippen LogP contribution < -0.4 is 14.5 Å². The zero-order valence-electron chi connectivity index (χ0n) is 22.7. The molecule has 0 aliphatic carbocycles. The third-order valence-corrected chi connectivity index (χ3v) is 7.55. The average molecular weight is 525 g/mol. The highest BCUT2D eigenvalue weighted by atomic mass is 32.2. The largest absolute Gasteiger partial charge is 0.493 e. The molecule has 200 valence electrons. The molecule has 0 saturated carbocycles. The summed E-state index contributed by atoms with van der Waals surface area (Å²) in [7, 11) is -4.02. The highest BCUT2D eigenvalue weighted by Crippen LogP contribution is 2.42. The summed E-state index contributed by atoms with van der Waals surface area (Å²) in [6.45, 7) is 14.7. The van der Waals surface area contributed by atoms with E-state index in [4.69, 9.17) is 9.29 Å². The van der Waals surface area contributed by atoms with E-state index >= 15 is 0 Å². The van der Waals surface area contributed by atoms with Gasteiger partial charge in [0.15, 0.2) is 0 Å². The van der Waals surface area contributed by atoms with Gasteiger partial charge in [-0.05, 0) is 93.6 Å². The van der Waals surface area contributed by atoms with Gasteiger partial charge in [0.05, 0.1) is 12.4 Å². The predicted molar refractivity (Wildman–Crippen MR) is 156 cm³/mol. The number of rotatable bonds is 13. The van der Waals surface area contributed by atoms with Gasteiger partial charge < -0.3 is 14.5 Å². The average Bonchev–Trinajstić information content (AvgIpc) is 2.89. The zero-order valence-corrected chi connectivity index (χ0v) is 23.5. The lowest BCUT2D eigenvalue weighted by molar-refractivity contribution is 0.317. The van der Waals surface area contributed by atoms with Crippen LogP contribution in [0.25, 0.3) is 22.3 Å². The molecule has 0 saturated heterocycles. The van der Waals surface area contributed by atoms with E-state index in [0.717, 1.165) is 54.0 Å². The molecule has 0 fully saturated rings. The minimum absolute atomic E-state index is 0.188. The fourth-order valence-corrected chi connectivity index (χ4v) is 5.23. The second-order valence-corrected chi connectivity index (χ2v) is 10.6. The molecule has 0 aliphatic heterocycles. The highest BCUT2D eigenvalue weighted by molar-refractivity contribution is 7.85. The van der Waals surface area contributed by atoms with E-state index in [-0.39, 0.29) is 18.8 Å². The summed E-state index contributed by atoms with van der Waals surface area (Å²) >= 11 is 0. The smallest absolute Gasteiger partial charge is 0.264 e. The third kappa shape index (κ3) is 7.27. The minimum atomic E-state index is -4.02. The van der Waals surface area contributed by atoms with Crippen LogP contribution in [0.3, 0.4) is 0 Å². The number of anilines is 2. The van der Waals surface area contributed by atoms with Gasteiger partial charge in [0.1, 0.15) is 5.75 Å². The van der Waals surface area contributed by atoms with Crippen LogP contribution in [0.1, 0.15) is 39.7 Å². The van der Waals surface area contributed by atoms with Gasteiger partial charge in [0.2, 0.25) is 0 Å². The van der Waals surface area contributed by atoms with Crippen LogP contribution in [0.4, 0.5) is 11.4 Å². The van der Waals surface area contributed by atoms with E-state index in [1.54, 1.807) is 0 Å². The van der Waals surface area contributed by atoms with Gasteiger partial charge in [0, 0.05) is 43.1 Å². The van der Waals surface area contributed by atoms with Gasteiger partial charge in [-0.2, -0.15) is 8.42 Å². The van der Waals surface area contributed by atoms with E-state index in [2.05, 4.69) is 92.9 Å². The summed E-state index contributed by atoms with van der Waals surface area (Å²) in [5.41, 5.74) is 7.69. The molecule has 0 atom stereocenters. The Bertz CT molecular complexity index is 1250. The SMILES string of the molecule is CCN(CC)c1ccc(-c2c(C)ccc(OCCCS(=O)(=O)O)c2-c2ccc(N(CC)CC)cc2)cc1. The lowest BCUT2D eigenvalue weighted by Crippen LogP contribution is -2.21. The number of aryl methyl sites for hydroxylation is 1. The van der Waals surface area contributed by atoms with Crippen molar-refractivity contribution in [3.8, 4) is 28.0 Å². The highest BCUT2D eigenvalue weighted by Gasteiger charge is 2.18. The maximum Gasteiger partial charge on any atom is 0.264 e. The molecule has 0 radical (unpaired) electrons.